The van der Waals surface area contributed by atoms with E-state index >= 15 is 0 Å². The van der Waals surface area contributed by atoms with Crippen LogP contribution < -0.4 is 0 Å². The molecule has 0 unspecified atom stereocenters. The van der Waals surface area contributed by atoms with E-state index in [1.54, 1.807) is 0 Å². The fourth-order valence-corrected chi connectivity index (χ4v) is 0. The summed E-state index contributed by atoms with van der Waals surface area (Å²) in [6.07, 6.45) is 0. The van der Waals surface area contributed by atoms with Crippen molar-refractivity contribution in [3.8, 4) is 0 Å². The molecule has 5 heavy (non-hydrogen) atoms. The fraction of sp³-hybridized carbons (Fsp3) is 0. The van der Waals surface area contributed by atoms with Crippen LogP contribution in [0.5, 0.6) is 0 Å². The molecule has 0 radical (unpaired) electrons. The van der Waals surface area contributed by atoms with Gasteiger partial charge in [-0.1, -0.05) is 0 Å². The Labute approximate surface area is 49.1 Å². The standard InChI is InChI=1S/Mo.3O.Ti. The van der Waals surface area contributed by atoms with Gasteiger partial charge in [0.15, 0.2) is 0 Å². The summed E-state index contributed by atoms with van der Waals surface area (Å²) in [4.78, 5) is 0. The van der Waals surface area contributed by atoms with Crippen LogP contribution in [-0.2, 0) is 49.1 Å². The number of rotatable bonds is 0. The molecule has 0 aliphatic heterocycles. The monoisotopic (exact) mass is 194 g/mol. The minimum Gasteiger partial charge on any atom is 0 e. The summed E-state index contributed by atoms with van der Waals surface area (Å²) >= 11 is -4.11. The van der Waals surface area contributed by atoms with Gasteiger partial charge in [-0.3, -0.25) is 0 Å². The zero-order valence-corrected chi connectivity index (χ0v) is 5.70. The third-order valence-electron chi connectivity index (χ3n) is 0. The van der Waals surface area contributed by atoms with Crippen molar-refractivity contribution in [1.82, 2.24) is 0 Å². The molecular formula is MoO3Ti. The van der Waals surface area contributed by atoms with E-state index in [1.807, 2.05) is 0 Å². The van der Waals surface area contributed by atoms with Crippen LogP contribution in [0.15, 0.2) is 0 Å². The Hall–Kier alpha value is 0.803. The summed E-state index contributed by atoms with van der Waals surface area (Å²) in [5.74, 6) is 0. The maximum atomic E-state index is 8.59. The second-order valence-electron chi connectivity index (χ2n) is 0.204. The molecule has 0 rings (SSSR count). The Morgan fingerprint density at radius 1 is 1.00 bits per heavy atom. The molecule has 0 N–H and O–H groups in total. The van der Waals surface area contributed by atoms with E-state index in [0.717, 1.165) is 0 Å². The molecule has 0 saturated carbocycles. The van der Waals surface area contributed by atoms with E-state index in [0.29, 0.717) is 0 Å². The molecule has 0 aromatic rings. The molecule has 0 aromatic carbocycles. The van der Waals surface area contributed by atoms with Crippen molar-refractivity contribution in [2.24, 2.45) is 0 Å². The second-order valence-corrected chi connectivity index (χ2v) is 1.21. The second kappa shape index (κ2) is 4.80. The van der Waals surface area contributed by atoms with Crippen molar-refractivity contribution < 1.29 is 49.1 Å². The Morgan fingerprint density at radius 2 is 1.00 bits per heavy atom. The Bertz CT molecular complexity index is 76.3. The minimum atomic E-state index is -4.11. The van der Waals surface area contributed by atoms with E-state index in [-0.39, 0.29) is 21.7 Å². The van der Waals surface area contributed by atoms with Gasteiger partial charge >= 0.3 is 27.4 Å². The molecule has 0 saturated heterocycles. The summed E-state index contributed by atoms with van der Waals surface area (Å²) in [6.45, 7) is 0. The van der Waals surface area contributed by atoms with Crippen LogP contribution in [0.2, 0.25) is 0 Å². The smallest absolute Gasteiger partial charge is 0 e. The summed E-state index contributed by atoms with van der Waals surface area (Å²) < 4.78 is 25.8. The molecule has 0 aliphatic rings. The molecule has 3 nitrogen and oxygen atoms in total. The Balaban J connectivity index is 0. The van der Waals surface area contributed by atoms with Crippen molar-refractivity contribution in [3.05, 3.63) is 0 Å². The summed E-state index contributed by atoms with van der Waals surface area (Å²) in [5, 5.41) is 0. The van der Waals surface area contributed by atoms with Crippen molar-refractivity contribution in [1.29, 1.82) is 0 Å². The van der Waals surface area contributed by atoms with Crippen LogP contribution in [-0.4, -0.2) is 0 Å². The third-order valence-corrected chi connectivity index (χ3v) is 0. The Kier molecular flexibility index (Phi) is 8.89. The van der Waals surface area contributed by atoms with Crippen LogP contribution in [0.3, 0.4) is 0 Å². The predicted octanol–water partition coefficient (Wildman–Crippen LogP) is -0.361. The molecule has 0 aromatic heterocycles. The van der Waals surface area contributed by atoms with E-state index in [4.69, 9.17) is 10.2 Å². The van der Waals surface area contributed by atoms with Gasteiger partial charge in [0.05, 0.1) is 0 Å². The zero-order valence-electron chi connectivity index (χ0n) is 2.13. The van der Waals surface area contributed by atoms with Crippen LogP contribution in [0, 0.1) is 0 Å². The van der Waals surface area contributed by atoms with Crippen LogP contribution in [0.25, 0.3) is 0 Å². The summed E-state index contributed by atoms with van der Waals surface area (Å²) in [6, 6.07) is 0. The van der Waals surface area contributed by atoms with Crippen molar-refractivity contribution in [2.75, 3.05) is 0 Å². The fourth-order valence-electron chi connectivity index (χ4n) is 0. The zero-order chi connectivity index (χ0) is 3.58. The first-order valence-corrected chi connectivity index (χ1v) is 2.96. The molecule has 0 atom stereocenters. The average molecular weight is 192 g/mol. The maximum absolute atomic E-state index is 8.59. The van der Waals surface area contributed by atoms with E-state index < -0.39 is 17.2 Å². The molecule has 0 heterocycles. The molecule has 0 aliphatic carbocycles. The van der Waals surface area contributed by atoms with Crippen LogP contribution in [0.1, 0.15) is 0 Å². The quantitative estimate of drug-likeness (QED) is 0.492. The normalized spacial score (nSPS) is 4.80. The van der Waals surface area contributed by atoms with Gasteiger partial charge in [0.25, 0.3) is 0 Å². The van der Waals surface area contributed by atoms with Gasteiger partial charge in [-0.2, -0.15) is 0 Å². The summed E-state index contributed by atoms with van der Waals surface area (Å²) in [5.41, 5.74) is 0. The van der Waals surface area contributed by atoms with Gasteiger partial charge in [-0.25, -0.2) is 0 Å². The molecule has 0 spiro atoms. The Morgan fingerprint density at radius 3 is 1.00 bits per heavy atom. The molecule has 0 fully saturated rings. The van der Waals surface area contributed by atoms with Crippen molar-refractivity contribution >= 4 is 0 Å². The van der Waals surface area contributed by atoms with Gasteiger partial charge in [0, 0.05) is 21.7 Å². The minimum absolute atomic E-state index is 0. The van der Waals surface area contributed by atoms with Gasteiger partial charge < -0.3 is 0 Å². The van der Waals surface area contributed by atoms with E-state index in [2.05, 4.69) is 0 Å². The molecule has 5 heteroatoms. The van der Waals surface area contributed by atoms with Crippen molar-refractivity contribution in [3.63, 3.8) is 0 Å². The first kappa shape index (κ1) is 9.26. The molecule has 0 amide bonds. The number of hydrogen-bond acceptors (Lipinski definition) is 3. The molecule has 0 bridgehead atoms. The van der Waals surface area contributed by atoms with Gasteiger partial charge in [-0.05, 0) is 0 Å². The third kappa shape index (κ3) is 58.6. The first-order valence-electron chi connectivity index (χ1n) is 0.500. The first-order chi connectivity index (χ1) is 1.73. The van der Waals surface area contributed by atoms with Crippen LogP contribution >= 0.6 is 0 Å². The molecule has 28 valence electrons. The number of hydrogen-bond donors (Lipinski definition) is 0. The van der Waals surface area contributed by atoms with E-state index in [1.165, 1.54) is 0 Å². The van der Waals surface area contributed by atoms with Gasteiger partial charge in [0.1, 0.15) is 0 Å². The van der Waals surface area contributed by atoms with Crippen LogP contribution in [0.4, 0.5) is 0 Å². The molecular weight excluding hydrogens is 192 g/mol. The topological polar surface area (TPSA) is 51.2 Å². The SMILES string of the molecule is [O]=[Mo](=[O])=[O].[Ti]. The van der Waals surface area contributed by atoms with Gasteiger partial charge in [-0.15, -0.1) is 0 Å². The van der Waals surface area contributed by atoms with Gasteiger partial charge in [0.2, 0.25) is 0 Å². The summed E-state index contributed by atoms with van der Waals surface area (Å²) in [7, 11) is 0. The predicted molar refractivity (Wildman–Crippen MR) is 2.06 cm³/mol. The average Bonchev–Trinajstić information content (AvgIpc) is 0.811. The largest absolute Gasteiger partial charge is 0 e. The van der Waals surface area contributed by atoms with E-state index in [9.17, 15) is 0 Å². The van der Waals surface area contributed by atoms with Crippen molar-refractivity contribution in [2.45, 2.75) is 0 Å². The maximum Gasteiger partial charge on any atom is 0 e.